The van der Waals surface area contributed by atoms with Gasteiger partial charge in [-0.15, -0.1) is 0 Å². The van der Waals surface area contributed by atoms with E-state index in [1.54, 1.807) is 11.8 Å². The standard InChI is InChI=1S/C12H21NO3.C2H6/c1-5-11(15)7-13(6-10(4)14)8-12(16)9(2)3;1-2/h9H,5-8H2,1-4H3;1-2H3. The van der Waals surface area contributed by atoms with Crippen molar-refractivity contribution in [2.24, 2.45) is 5.92 Å². The zero-order chi connectivity index (χ0) is 14.7. The largest absolute Gasteiger partial charge is 0.299 e. The van der Waals surface area contributed by atoms with E-state index < -0.39 is 0 Å². The first-order valence-corrected chi connectivity index (χ1v) is 6.63. The van der Waals surface area contributed by atoms with Gasteiger partial charge in [0.2, 0.25) is 0 Å². The minimum absolute atomic E-state index is 0.0274. The number of nitrogens with zero attached hydrogens (tertiary/aromatic N) is 1. The topological polar surface area (TPSA) is 54.5 Å². The molecule has 0 heterocycles. The quantitative estimate of drug-likeness (QED) is 0.668. The zero-order valence-corrected chi connectivity index (χ0v) is 12.6. The Morgan fingerprint density at radius 1 is 1.00 bits per heavy atom. The van der Waals surface area contributed by atoms with Crippen LogP contribution < -0.4 is 0 Å². The first-order valence-electron chi connectivity index (χ1n) is 6.63. The molecule has 0 aromatic carbocycles. The molecule has 0 saturated heterocycles. The van der Waals surface area contributed by atoms with E-state index in [4.69, 9.17) is 0 Å². The van der Waals surface area contributed by atoms with Gasteiger partial charge in [-0.25, -0.2) is 0 Å². The number of carbonyl (C=O) groups excluding carboxylic acids is 3. The number of carbonyl (C=O) groups is 3. The second-order valence-electron chi connectivity index (χ2n) is 4.36. The van der Waals surface area contributed by atoms with Gasteiger partial charge in [-0.2, -0.15) is 0 Å². The minimum atomic E-state index is -0.0637. The Kier molecular flexibility index (Phi) is 11.9. The molecule has 0 bridgehead atoms. The number of ketones is 3. The van der Waals surface area contributed by atoms with Crippen molar-refractivity contribution in [3.8, 4) is 0 Å². The fourth-order valence-electron chi connectivity index (χ4n) is 1.25. The maximum Gasteiger partial charge on any atom is 0.149 e. The Balaban J connectivity index is 0. The molecule has 0 unspecified atom stereocenters. The first-order chi connectivity index (χ1) is 8.36. The highest BCUT2D eigenvalue weighted by molar-refractivity contribution is 5.86. The van der Waals surface area contributed by atoms with E-state index in [9.17, 15) is 14.4 Å². The summed E-state index contributed by atoms with van der Waals surface area (Å²) in [4.78, 5) is 35.5. The molecule has 4 nitrogen and oxygen atoms in total. The van der Waals surface area contributed by atoms with E-state index >= 15 is 0 Å². The van der Waals surface area contributed by atoms with Crippen LogP contribution in [0.15, 0.2) is 0 Å². The number of hydrogen-bond acceptors (Lipinski definition) is 4. The predicted octanol–water partition coefficient (Wildman–Crippen LogP) is 2.11. The van der Waals surface area contributed by atoms with E-state index in [0.29, 0.717) is 6.42 Å². The molecule has 0 aromatic heterocycles. The van der Waals surface area contributed by atoms with Crippen molar-refractivity contribution < 1.29 is 14.4 Å². The fourth-order valence-corrected chi connectivity index (χ4v) is 1.25. The van der Waals surface area contributed by atoms with Crippen molar-refractivity contribution in [3.05, 3.63) is 0 Å². The molecule has 0 rings (SSSR count). The van der Waals surface area contributed by atoms with Gasteiger partial charge in [0, 0.05) is 12.3 Å². The summed E-state index contributed by atoms with van der Waals surface area (Å²) < 4.78 is 0. The van der Waals surface area contributed by atoms with Crippen molar-refractivity contribution in [1.29, 1.82) is 0 Å². The summed E-state index contributed by atoms with van der Waals surface area (Å²) in [5, 5.41) is 0. The molecule has 0 aliphatic heterocycles. The van der Waals surface area contributed by atoms with Crippen molar-refractivity contribution in [2.75, 3.05) is 19.6 Å². The lowest BCUT2D eigenvalue weighted by molar-refractivity contribution is -0.126. The molecule has 18 heavy (non-hydrogen) atoms. The van der Waals surface area contributed by atoms with Gasteiger partial charge in [-0.3, -0.25) is 19.3 Å². The number of hydrogen-bond donors (Lipinski definition) is 0. The average molecular weight is 257 g/mol. The Bertz CT molecular complexity index is 272. The molecule has 4 heteroatoms. The highest BCUT2D eigenvalue weighted by atomic mass is 16.1. The monoisotopic (exact) mass is 257 g/mol. The van der Waals surface area contributed by atoms with Crippen LogP contribution in [0.25, 0.3) is 0 Å². The van der Waals surface area contributed by atoms with Crippen LogP contribution in [-0.4, -0.2) is 41.9 Å². The van der Waals surface area contributed by atoms with Gasteiger partial charge >= 0.3 is 0 Å². The molecule has 0 fully saturated rings. The summed E-state index contributed by atoms with van der Waals surface area (Å²) in [7, 11) is 0. The molecule has 0 aliphatic carbocycles. The summed E-state index contributed by atoms with van der Waals surface area (Å²) in [6.45, 7) is 11.4. The van der Waals surface area contributed by atoms with Crippen LogP contribution in [0.5, 0.6) is 0 Å². The van der Waals surface area contributed by atoms with Gasteiger partial charge in [0.1, 0.15) is 17.3 Å². The molecular weight excluding hydrogens is 230 g/mol. The second kappa shape index (κ2) is 11.1. The maximum absolute atomic E-state index is 11.5. The second-order valence-corrected chi connectivity index (χ2v) is 4.36. The third kappa shape index (κ3) is 10.1. The Labute approximate surface area is 111 Å². The first kappa shape index (κ1) is 19.3. The lowest BCUT2D eigenvalue weighted by atomic mass is 10.1. The summed E-state index contributed by atoms with van der Waals surface area (Å²) >= 11 is 0. The van der Waals surface area contributed by atoms with Gasteiger partial charge in [0.05, 0.1) is 19.6 Å². The number of rotatable bonds is 8. The van der Waals surface area contributed by atoms with Gasteiger partial charge in [0.15, 0.2) is 0 Å². The van der Waals surface area contributed by atoms with Gasteiger partial charge in [-0.05, 0) is 6.92 Å². The van der Waals surface area contributed by atoms with Crippen LogP contribution in [0.3, 0.4) is 0 Å². The Morgan fingerprint density at radius 2 is 1.50 bits per heavy atom. The van der Waals surface area contributed by atoms with E-state index in [1.807, 2.05) is 27.7 Å². The lowest BCUT2D eigenvalue weighted by Gasteiger charge is -2.19. The average Bonchev–Trinajstić information content (AvgIpc) is 2.30. The third-order valence-corrected chi connectivity index (χ3v) is 2.26. The molecule has 0 aliphatic rings. The molecule has 0 spiro atoms. The van der Waals surface area contributed by atoms with E-state index in [2.05, 4.69) is 0 Å². The summed E-state index contributed by atoms with van der Waals surface area (Å²) in [5.41, 5.74) is 0. The van der Waals surface area contributed by atoms with Crippen molar-refractivity contribution in [1.82, 2.24) is 4.90 Å². The molecule has 0 amide bonds. The zero-order valence-electron chi connectivity index (χ0n) is 12.6. The molecule has 0 atom stereocenters. The smallest absolute Gasteiger partial charge is 0.149 e. The highest BCUT2D eigenvalue weighted by Crippen LogP contribution is 1.99. The van der Waals surface area contributed by atoms with E-state index in [-0.39, 0.29) is 42.9 Å². The summed E-state index contributed by atoms with van der Waals surface area (Å²) in [6.07, 6.45) is 0.435. The number of Topliss-reactive ketones (excluding diaryl/α,β-unsaturated/α-hetero) is 3. The van der Waals surface area contributed by atoms with Gasteiger partial charge in [-0.1, -0.05) is 34.6 Å². The van der Waals surface area contributed by atoms with Crippen LogP contribution in [0.2, 0.25) is 0 Å². The molecule has 0 radical (unpaired) electrons. The normalized spacial score (nSPS) is 10.0. The molecule has 0 N–H and O–H groups in total. The Hall–Kier alpha value is -1.03. The fraction of sp³-hybridized carbons (Fsp3) is 0.786. The van der Waals surface area contributed by atoms with Crippen molar-refractivity contribution in [3.63, 3.8) is 0 Å². The van der Waals surface area contributed by atoms with Gasteiger partial charge < -0.3 is 0 Å². The Morgan fingerprint density at radius 3 is 1.83 bits per heavy atom. The van der Waals surface area contributed by atoms with Crippen LogP contribution in [0, 0.1) is 5.92 Å². The van der Waals surface area contributed by atoms with Crippen LogP contribution in [-0.2, 0) is 14.4 Å². The molecule has 0 aromatic rings. The maximum atomic E-state index is 11.5. The highest BCUT2D eigenvalue weighted by Gasteiger charge is 2.16. The van der Waals surface area contributed by atoms with Crippen LogP contribution >= 0.6 is 0 Å². The van der Waals surface area contributed by atoms with Crippen molar-refractivity contribution >= 4 is 17.3 Å². The SMILES string of the molecule is CC.CCC(=O)CN(CC(C)=O)CC(=O)C(C)C. The van der Waals surface area contributed by atoms with Crippen LogP contribution in [0.1, 0.15) is 48.0 Å². The van der Waals surface area contributed by atoms with E-state index in [1.165, 1.54) is 6.92 Å². The van der Waals surface area contributed by atoms with Gasteiger partial charge in [0.25, 0.3) is 0 Å². The molecular formula is C14H27NO3. The lowest BCUT2D eigenvalue weighted by Crippen LogP contribution is -2.38. The molecule has 106 valence electrons. The van der Waals surface area contributed by atoms with E-state index in [0.717, 1.165) is 0 Å². The minimum Gasteiger partial charge on any atom is -0.299 e. The van der Waals surface area contributed by atoms with Crippen molar-refractivity contribution in [2.45, 2.75) is 48.0 Å². The third-order valence-electron chi connectivity index (χ3n) is 2.26. The predicted molar refractivity (Wildman–Crippen MR) is 73.6 cm³/mol. The van der Waals surface area contributed by atoms with Crippen LogP contribution in [0.4, 0.5) is 0 Å². The summed E-state index contributed by atoms with van der Waals surface area (Å²) in [6, 6.07) is 0. The molecule has 0 saturated carbocycles. The summed E-state index contributed by atoms with van der Waals surface area (Å²) in [5.74, 6) is 0.0228.